The largest absolute Gasteiger partial charge is 0.480 e. The maximum absolute atomic E-state index is 13.1. The number of hydrogen-bond donors (Lipinski definition) is 2. The molecule has 0 bridgehead atoms. The molecule has 1 saturated heterocycles. The van der Waals surface area contributed by atoms with Gasteiger partial charge in [-0.15, -0.1) is 0 Å². The predicted octanol–water partition coefficient (Wildman–Crippen LogP) is 1.60. The molecule has 2 N–H and O–H groups in total. The van der Waals surface area contributed by atoms with Gasteiger partial charge in [0.1, 0.15) is 18.2 Å². The summed E-state index contributed by atoms with van der Waals surface area (Å²) in [5.41, 5.74) is -0.0356. The SMILES string of the molecule is CCC(C)C(NC(=O)CN1C(=O)c2ccccc2N2C(=O)CCC12C)C(=O)O. The summed E-state index contributed by atoms with van der Waals surface area (Å²) in [5, 5.41) is 11.9. The average Bonchev–Trinajstić information content (AvgIpc) is 2.98. The van der Waals surface area contributed by atoms with Gasteiger partial charge in [-0.1, -0.05) is 32.4 Å². The standard InChI is InChI=1S/C20H25N3O5/c1-4-12(2)17(19(27)28)21-15(24)11-22-18(26)13-7-5-6-8-14(13)23-16(25)9-10-20(22,23)3/h5-8,12,17H,4,9-11H2,1-3H3,(H,21,24)(H,27,28). The molecule has 2 aliphatic rings. The van der Waals surface area contributed by atoms with E-state index in [9.17, 15) is 24.3 Å². The predicted molar refractivity (Wildman–Crippen MR) is 102 cm³/mol. The Labute approximate surface area is 163 Å². The summed E-state index contributed by atoms with van der Waals surface area (Å²) >= 11 is 0. The summed E-state index contributed by atoms with van der Waals surface area (Å²) in [7, 11) is 0. The van der Waals surface area contributed by atoms with Crippen molar-refractivity contribution in [3.63, 3.8) is 0 Å². The van der Waals surface area contributed by atoms with Gasteiger partial charge in [0.2, 0.25) is 11.8 Å². The Morgan fingerprint density at radius 2 is 1.96 bits per heavy atom. The molecule has 3 amide bonds. The fourth-order valence-electron chi connectivity index (χ4n) is 3.99. The molecule has 3 unspecified atom stereocenters. The maximum Gasteiger partial charge on any atom is 0.326 e. The van der Waals surface area contributed by atoms with Crippen LogP contribution in [0, 0.1) is 5.92 Å². The molecule has 0 spiro atoms. The first-order chi connectivity index (χ1) is 13.2. The zero-order valence-electron chi connectivity index (χ0n) is 16.3. The van der Waals surface area contributed by atoms with E-state index in [2.05, 4.69) is 5.32 Å². The Morgan fingerprint density at radius 1 is 1.29 bits per heavy atom. The van der Waals surface area contributed by atoms with Crippen molar-refractivity contribution in [2.24, 2.45) is 5.92 Å². The monoisotopic (exact) mass is 387 g/mol. The van der Waals surface area contributed by atoms with Crippen LogP contribution in [0.1, 0.15) is 50.4 Å². The average molecular weight is 387 g/mol. The van der Waals surface area contributed by atoms with Crippen LogP contribution < -0.4 is 10.2 Å². The van der Waals surface area contributed by atoms with Gasteiger partial charge in [0.15, 0.2) is 0 Å². The molecular formula is C20H25N3O5. The number of aliphatic carboxylic acids is 1. The van der Waals surface area contributed by atoms with Gasteiger partial charge in [0.05, 0.1) is 11.3 Å². The third-order valence-corrected chi connectivity index (χ3v) is 5.84. The molecule has 1 aromatic carbocycles. The Bertz CT molecular complexity index is 839. The summed E-state index contributed by atoms with van der Waals surface area (Å²) in [6.45, 7) is 5.05. The van der Waals surface area contributed by atoms with E-state index in [0.717, 1.165) is 0 Å². The molecule has 1 fully saturated rings. The van der Waals surface area contributed by atoms with Gasteiger partial charge in [-0.2, -0.15) is 0 Å². The van der Waals surface area contributed by atoms with Crippen LogP contribution in [0.4, 0.5) is 5.69 Å². The molecule has 2 heterocycles. The first-order valence-corrected chi connectivity index (χ1v) is 9.47. The van der Waals surface area contributed by atoms with Crippen LogP contribution in [-0.4, -0.2) is 51.9 Å². The van der Waals surface area contributed by atoms with E-state index in [4.69, 9.17) is 0 Å². The summed E-state index contributed by atoms with van der Waals surface area (Å²) in [6, 6.07) is 5.81. The molecule has 150 valence electrons. The molecular weight excluding hydrogens is 362 g/mol. The van der Waals surface area contributed by atoms with Crippen molar-refractivity contribution in [2.75, 3.05) is 11.4 Å². The molecule has 8 nitrogen and oxygen atoms in total. The number of hydrogen-bond acceptors (Lipinski definition) is 4. The number of benzene rings is 1. The number of nitrogens with one attached hydrogen (secondary N) is 1. The van der Waals surface area contributed by atoms with E-state index in [1.165, 1.54) is 4.90 Å². The van der Waals surface area contributed by atoms with E-state index in [0.29, 0.717) is 24.1 Å². The second kappa shape index (κ2) is 7.26. The second-order valence-corrected chi connectivity index (χ2v) is 7.62. The van der Waals surface area contributed by atoms with Crippen molar-refractivity contribution < 1.29 is 24.3 Å². The fraction of sp³-hybridized carbons (Fsp3) is 0.500. The van der Waals surface area contributed by atoms with E-state index in [-0.39, 0.29) is 30.7 Å². The zero-order chi connectivity index (χ0) is 20.6. The van der Waals surface area contributed by atoms with Gasteiger partial charge in [-0.05, 0) is 31.4 Å². The van der Waals surface area contributed by atoms with Crippen molar-refractivity contribution in [3.05, 3.63) is 29.8 Å². The molecule has 0 aromatic heterocycles. The zero-order valence-corrected chi connectivity index (χ0v) is 16.3. The van der Waals surface area contributed by atoms with E-state index >= 15 is 0 Å². The van der Waals surface area contributed by atoms with Gasteiger partial charge < -0.3 is 15.3 Å². The van der Waals surface area contributed by atoms with Crippen molar-refractivity contribution in [2.45, 2.75) is 51.7 Å². The van der Waals surface area contributed by atoms with Crippen LogP contribution >= 0.6 is 0 Å². The highest BCUT2D eigenvalue weighted by Crippen LogP contribution is 2.43. The summed E-state index contributed by atoms with van der Waals surface area (Å²) in [5.74, 6) is -2.35. The normalized spacial score (nSPS) is 23.1. The number of carbonyl (C=O) groups is 4. The molecule has 1 aromatic rings. The maximum atomic E-state index is 13.1. The first kappa shape index (κ1) is 19.9. The van der Waals surface area contributed by atoms with E-state index in [1.807, 2.05) is 6.92 Å². The number of nitrogens with zero attached hydrogens (tertiary/aromatic N) is 2. The molecule has 0 saturated carbocycles. The number of amides is 3. The van der Waals surface area contributed by atoms with Crippen LogP contribution in [0.5, 0.6) is 0 Å². The molecule has 3 rings (SSSR count). The quantitative estimate of drug-likeness (QED) is 0.771. The smallest absolute Gasteiger partial charge is 0.326 e. The number of carboxylic acid groups (broad SMARTS) is 1. The van der Waals surface area contributed by atoms with Crippen LogP contribution in [0.15, 0.2) is 24.3 Å². The summed E-state index contributed by atoms with van der Waals surface area (Å²) < 4.78 is 0. The molecule has 2 aliphatic heterocycles. The molecule has 0 radical (unpaired) electrons. The Hall–Kier alpha value is -2.90. The molecule has 3 atom stereocenters. The van der Waals surface area contributed by atoms with Crippen molar-refractivity contribution in [1.82, 2.24) is 10.2 Å². The van der Waals surface area contributed by atoms with Gasteiger partial charge in [-0.3, -0.25) is 19.3 Å². The number of carbonyl (C=O) groups excluding carboxylic acids is 3. The lowest BCUT2D eigenvalue weighted by molar-refractivity contribution is -0.143. The molecule has 8 heteroatoms. The highest BCUT2D eigenvalue weighted by molar-refractivity contribution is 6.11. The van der Waals surface area contributed by atoms with Crippen LogP contribution in [0.2, 0.25) is 0 Å². The minimum absolute atomic E-state index is 0.101. The molecule has 28 heavy (non-hydrogen) atoms. The van der Waals surface area contributed by atoms with Gasteiger partial charge >= 0.3 is 5.97 Å². The lowest BCUT2D eigenvalue weighted by Crippen LogP contribution is -2.64. The lowest BCUT2D eigenvalue weighted by Gasteiger charge is -2.48. The fourth-order valence-corrected chi connectivity index (χ4v) is 3.99. The van der Waals surface area contributed by atoms with Gasteiger partial charge in [0, 0.05) is 6.42 Å². The Balaban J connectivity index is 1.89. The van der Waals surface area contributed by atoms with Crippen LogP contribution in [-0.2, 0) is 14.4 Å². The minimum atomic E-state index is -1.11. The highest BCUT2D eigenvalue weighted by atomic mass is 16.4. The first-order valence-electron chi connectivity index (χ1n) is 9.47. The number of para-hydroxylation sites is 1. The number of rotatable bonds is 6. The number of carboxylic acids is 1. The number of fused-ring (bicyclic) bond motifs is 3. The van der Waals surface area contributed by atoms with Crippen LogP contribution in [0.25, 0.3) is 0 Å². The minimum Gasteiger partial charge on any atom is -0.480 e. The van der Waals surface area contributed by atoms with Gasteiger partial charge in [-0.25, -0.2) is 4.79 Å². The number of anilines is 1. The van der Waals surface area contributed by atoms with Crippen molar-refractivity contribution in [1.29, 1.82) is 0 Å². The van der Waals surface area contributed by atoms with Crippen molar-refractivity contribution in [3.8, 4) is 0 Å². The molecule has 0 aliphatic carbocycles. The van der Waals surface area contributed by atoms with Crippen molar-refractivity contribution >= 4 is 29.4 Å². The lowest BCUT2D eigenvalue weighted by atomic mass is 9.97. The topological polar surface area (TPSA) is 107 Å². The third-order valence-electron chi connectivity index (χ3n) is 5.84. The third kappa shape index (κ3) is 3.12. The second-order valence-electron chi connectivity index (χ2n) is 7.62. The Kier molecular flexibility index (Phi) is 5.14. The van der Waals surface area contributed by atoms with Gasteiger partial charge in [0.25, 0.3) is 5.91 Å². The van der Waals surface area contributed by atoms with Crippen LogP contribution in [0.3, 0.4) is 0 Å². The van der Waals surface area contributed by atoms with E-state index < -0.39 is 23.6 Å². The summed E-state index contributed by atoms with van der Waals surface area (Å²) in [6.07, 6.45) is 1.28. The highest BCUT2D eigenvalue weighted by Gasteiger charge is 2.53. The van der Waals surface area contributed by atoms with E-state index in [1.54, 1.807) is 43.0 Å². The summed E-state index contributed by atoms with van der Waals surface area (Å²) in [4.78, 5) is 52.7. The Morgan fingerprint density at radius 3 is 2.61 bits per heavy atom.